The number of anilines is 2. The number of aromatic nitrogens is 3. The fraction of sp³-hybridized carbons (Fsp3) is 0.524. The molecule has 2 aromatic rings. The SMILES string of the molecule is N[C@@H]1CC[C@H](C(=O)Nc2cc(-c3cncc(NCC4CCOCC4)n3)c(Cl)cn2)C1. The van der Waals surface area contributed by atoms with Gasteiger partial charge in [0.25, 0.3) is 0 Å². The lowest BCUT2D eigenvalue weighted by Gasteiger charge is -2.22. The van der Waals surface area contributed by atoms with Gasteiger partial charge in [0.05, 0.1) is 23.1 Å². The van der Waals surface area contributed by atoms with Crippen LogP contribution in [0.4, 0.5) is 11.6 Å². The van der Waals surface area contributed by atoms with Crippen LogP contribution in [0.3, 0.4) is 0 Å². The molecule has 0 spiro atoms. The molecule has 4 rings (SSSR count). The highest BCUT2D eigenvalue weighted by Gasteiger charge is 2.28. The number of amides is 1. The Kier molecular flexibility index (Phi) is 6.76. The average molecular weight is 431 g/mol. The maximum atomic E-state index is 12.5. The summed E-state index contributed by atoms with van der Waals surface area (Å²) in [7, 11) is 0. The number of carbonyl (C=O) groups excluding carboxylic acids is 1. The number of ether oxygens (including phenoxy) is 1. The monoisotopic (exact) mass is 430 g/mol. The lowest BCUT2D eigenvalue weighted by molar-refractivity contribution is -0.119. The van der Waals surface area contributed by atoms with E-state index in [1.54, 1.807) is 18.5 Å². The molecule has 30 heavy (non-hydrogen) atoms. The first-order valence-electron chi connectivity index (χ1n) is 10.4. The summed E-state index contributed by atoms with van der Waals surface area (Å²) in [6.45, 7) is 2.45. The van der Waals surface area contributed by atoms with Crippen LogP contribution in [-0.4, -0.2) is 46.7 Å². The molecule has 0 unspecified atom stereocenters. The van der Waals surface area contributed by atoms with Gasteiger partial charge < -0.3 is 21.1 Å². The number of nitrogens with zero attached hydrogens (tertiary/aromatic N) is 3. The van der Waals surface area contributed by atoms with Crippen molar-refractivity contribution >= 4 is 29.1 Å². The van der Waals surface area contributed by atoms with Gasteiger partial charge in [-0.15, -0.1) is 0 Å². The minimum atomic E-state index is -0.0709. The molecule has 2 atom stereocenters. The highest BCUT2D eigenvalue weighted by Crippen LogP contribution is 2.30. The van der Waals surface area contributed by atoms with Crippen molar-refractivity contribution in [3.63, 3.8) is 0 Å². The maximum absolute atomic E-state index is 12.5. The Hall–Kier alpha value is -2.29. The topological polar surface area (TPSA) is 115 Å². The zero-order valence-electron chi connectivity index (χ0n) is 16.8. The molecular formula is C21H27ClN6O2. The van der Waals surface area contributed by atoms with Crippen molar-refractivity contribution in [2.45, 2.75) is 38.1 Å². The summed E-state index contributed by atoms with van der Waals surface area (Å²) in [5.74, 6) is 1.58. The Morgan fingerprint density at radius 1 is 1.17 bits per heavy atom. The van der Waals surface area contributed by atoms with Gasteiger partial charge in [-0.25, -0.2) is 9.97 Å². The molecule has 160 valence electrons. The van der Waals surface area contributed by atoms with Gasteiger partial charge in [0.15, 0.2) is 0 Å². The second-order valence-corrected chi connectivity index (χ2v) is 8.44. The van der Waals surface area contributed by atoms with E-state index in [9.17, 15) is 4.79 Å². The van der Waals surface area contributed by atoms with Gasteiger partial charge in [0.1, 0.15) is 11.6 Å². The number of pyridine rings is 1. The first-order valence-corrected chi connectivity index (χ1v) is 10.8. The Morgan fingerprint density at radius 2 is 2.00 bits per heavy atom. The zero-order valence-corrected chi connectivity index (χ0v) is 17.6. The van der Waals surface area contributed by atoms with Crippen molar-refractivity contribution in [3.8, 4) is 11.3 Å². The van der Waals surface area contributed by atoms with E-state index in [2.05, 4.69) is 25.6 Å². The Bertz CT molecular complexity index is 890. The smallest absolute Gasteiger partial charge is 0.228 e. The largest absolute Gasteiger partial charge is 0.381 e. The van der Waals surface area contributed by atoms with Crippen molar-refractivity contribution < 1.29 is 9.53 Å². The summed E-state index contributed by atoms with van der Waals surface area (Å²) in [6.07, 6.45) is 9.36. The van der Waals surface area contributed by atoms with Crippen LogP contribution in [0.15, 0.2) is 24.7 Å². The first-order chi connectivity index (χ1) is 14.6. The van der Waals surface area contributed by atoms with Crippen LogP contribution >= 0.6 is 11.6 Å². The standard InChI is InChI=1S/C21H27ClN6O2/c22-17-10-26-19(28-21(29)14-1-2-15(23)7-14)8-16(17)18-11-24-12-20(27-18)25-9-13-3-5-30-6-4-13/h8,10-15H,1-7,9,23H2,(H,25,27)(H,26,28,29)/t14-,15+/m0/s1. The van der Waals surface area contributed by atoms with Gasteiger partial charge in [-0.2, -0.15) is 0 Å². The molecule has 3 heterocycles. The quantitative estimate of drug-likeness (QED) is 0.644. The van der Waals surface area contributed by atoms with Crippen LogP contribution in [0.5, 0.6) is 0 Å². The van der Waals surface area contributed by atoms with Gasteiger partial charge >= 0.3 is 0 Å². The van der Waals surface area contributed by atoms with Crippen molar-refractivity contribution in [3.05, 3.63) is 29.7 Å². The first kappa shape index (κ1) is 21.0. The molecule has 8 nitrogen and oxygen atoms in total. The maximum Gasteiger partial charge on any atom is 0.228 e. The predicted molar refractivity (Wildman–Crippen MR) is 116 cm³/mol. The molecule has 9 heteroatoms. The van der Waals surface area contributed by atoms with E-state index in [1.807, 2.05) is 0 Å². The summed E-state index contributed by atoms with van der Waals surface area (Å²) in [5.41, 5.74) is 7.22. The Labute approximate surface area is 181 Å². The highest BCUT2D eigenvalue weighted by molar-refractivity contribution is 6.33. The van der Waals surface area contributed by atoms with E-state index in [0.29, 0.717) is 40.3 Å². The lowest BCUT2D eigenvalue weighted by atomic mass is 10.0. The van der Waals surface area contributed by atoms with Crippen LogP contribution in [0.25, 0.3) is 11.3 Å². The number of nitrogens with two attached hydrogens (primary N) is 1. The molecule has 1 aliphatic carbocycles. The number of hydrogen-bond acceptors (Lipinski definition) is 7. The molecule has 0 aromatic carbocycles. The van der Waals surface area contributed by atoms with Gasteiger partial charge in [0.2, 0.25) is 5.91 Å². The van der Waals surface area contributed by atoms with Crippen LogP contribution in [0.2, 0.25) is 5.02 Å². The molecule has 0 radical (unpaired) electrons. The molecule has 2 fully saturated rings. The molecule has 1 amide bonds. The van der Waals surface area contributed by atoms with Gasteiger partial charge in [-0.05, 0) is 44.1 Å². The molecule has 2 aliphatic rings. The summed E-state index contributed by atoms with van der Waals surface area (Å²) in [4.78, 5) is 25.7. The minimum Gasteiger partial charge on any atom is -0.381 e. The van der Waals surface area contributed by atoms with E-state index in [4.69, 9.17) is 22.1 Å². The van der Waals surface area contributed by atoms with Crippen LogP contribution in [-0.2, 0) is 9.53 Å². The second-order valence-electron chi connectivity index (χ2n) is 8.03. The normalized spacial score (nSPS) is 22.1. The van der Waals surface area contributed by atoms with Crippen molar-refractivity contribution in [1.29, 1.82) is 0 Å². The summed E-state index contributed by atoms with van der Waals surface area (Å²) >= 11 is 6.37. The van der Waals surface area contributed by atoms with Gasteiger partial charge in [-0.3, -0.25) is 9.78 Å². The number of hydrogen-bond donors (Lipinski definition) is 3. The van der Waals surface area contributed by atoms with E-state index in [1.165, 1.54) is 6.20 Å². The van der Waals surface area contributed by atoms with Gasteiger partial charge in [0, 0.05) is 43.5 Å². The molecule has 1 saturated carbocycles. The summed E-state index contributed by atoms with van der Waals surface area (Å²) in [5, 5.41) is 6.70. The molecule has 4 N–H and O–H groups in total. The average Bonchev–Trinajstić information content (AvgIpc) is 3.21. The zero-order chi connectivity index (χ0) is 20.9. The summed E-state index contributed by atoms with van der Waals surface area (Å²) < 4.78 is 5.41. The van der Waals surface area contributed by atoms with Crippen LogP contribution in [0.1, 0.15) is 32.1 Å². The Morgan fingerprint density at radius 3 is 2.77 bits per heavy atom. The number of carbonyl (C=O) groups is 1. The lowest BCUT2D eigenvalue weighted by Crippen LogP contribution is -2.23. The number of halogens is 1. The number of rotatable bonds is 6. The third-order valence-electron chi connectivity index (χ3n) is 5.77. The van der Waals surface area contributed by atoms with Gasteiger partial charge in [-0.1, -0.05) is 11.6 Å². The summed E-state index contributed by atoms with van der Waals surface area (Å²) in [6, 6.07) is 1.84. The Balaban J connectivity index is 1.45. The molecule has 2 aromatic heterocycles. The highest BCUT2D eigenvalue weighted by atomic mass is 35.5. The molecule has 0 bridgehead atoms. The van der Waals surface area contributed by atoms with Crippen molar-refractivity contribution in [2.75, 3.05) is 30.4 Å². The van der Waals surface area contributed by atoms with Crippen LogP contribution < -0.4 is 16.4 Å². The second kappa shape index (κ2) is 9.68. The van der Waals surface area contributed by atoms with Crippen LogP contribution in [0, 0.1) is 11.8 Å². The van der Waals surface area contributed by atoms with Crippen molar-refractivity contribution in [1.82, 2.24) is 15.0 Å². The molecule has 1 saturated heterocycles. The fourth-order valence-electron chi connectivity index (χ4n) is 3.97. The third-order valence-corrected chi connectivity index (χ3v) is 6.08. The minimum absolute atomic E-state index is 0.0540. The predicted octanol–water partition coefficient (Wildman–Crippen LogP) is 3.10. The van der Waals surface area contributed by atoms with E-state index in [-0.39, 0.29) is 17.9 Å². The van der Waals surface area contributed by atoms with E-state index in [0.717, 1.165) is 45.4 Å². The van der Waals surface area contributed by atoms with E-state index >= 15 is 0 Å². The fourth-order valence-corrected chi connectivity index (χ4v) is 4.17. The van der Waals surface area contributed by atoms with Crippen molar-refractivity contribution in [2.24, 2.45) is 17.6 Å². The molecule has 1 aliphatic heterocycles. The third kappa shape index (κ3) is 5.24. The molecular weight excluding hydrogens is 404 g/mol. The van der Waals surface area contributed by atoms with E-state index < -0.39 is 0 Å². The number of nitrogens with one attached hydrogen (secondary N) is 2.